The number of nitrogens with zero attached hydrogens (tertiary/aromatic N) is 1. The Morgan fingerprint density at radius 3 is 2.82 bits per heavy atom. The molecule has 0 saturated heterocycles. The van der Waals surface area contributed by atoms with E-state index in [1.165, 1.54) is 17.3 Å². The molecule has 0 radical (unpaired) electrons. The smallest absolute Gasteiger partial charge is 0.147 e. The van der Waals surface area contributed by atoms with Crippen molar-refractivity contribution in [3.8, 4) is 0 Å². The molecule has 2 nitrogen and oxygen atoms in total. The molecular weight excluding hydrogens is 215 g/mol. The number of aromatic nitrogens is 1. The van der Waals surface area contributed by atoms with Gasteiger partial charge in [0, 0.05) is 18.1 Å². The minimum absolute atomic E-state index is 0.132. The number of aryl methyl sites for hydroxylation is 2. The van der Waals surface area contributed by atoms with E-state index in [9.17, 15) is 4.39 Å². The third-order valence-electron chi connectivity index (χ3n) is 3.44. The third kappa shape index (κ3) is 2.07. The van der Waals surface area contributed by atoms with E-state index in [2.05, 4.69) is 12.2 Å². The molecule has 0 unspecified atom stereocenters. The first-order valence-corrected chi connectivity index (χ1v) is 6.03. The van der Waals surface area contributed by atoms with Crippen LogP contribution in [0.1, 0.15) is 17.7 Å². The van der Waals surface area contributed by atoms with Crippen LogP contribution >= 0.6 is 0 Å². The lowest BCUT2D eigenvalue weighted by Crippen LogP contribution is -2.08. The van der Waals surface area contributed by atoms with Gasteiger partial charge in [-0.25, -0.2) is 4.39 Å². The summed E-state index contributed by atoms with van der Waals surface area (Å²) >= 11 is 0. The minimum Gasteiger partial charge on any atom is -0.345 e. The van der Waals surface area contributed by atoms with Crippen LogP contribution in [0.4, 0.5) is 4.39 Å². The van der Waals surface area contributed by atoms with Crippen LogP contribution in [0.5, 0.6) is 0 Å². The largest absolute Gasteiger partial charge is 0.345 e. The number of hydrogen-bond acceptors (Lipinski definition) is 1. The van der Waals surface area contributed by atoms with Gasteiger partial charge in [0.2, 0.25) is 0 Å². The van der Waals surface area contributed by atoms with Crippen molar-refractivity contribution in [3.63, 3.8) is 0 Å². The first kappa shape index (κ1) is 12.1. The molecule has 0 saturated carbocycles. The molecule has 2 aromatic rings. The second-order valence-electron chi connectivity index (χ2n) is 4.47. The molecule has 0 spiro atoms. The Hall–Kier alpha value is -1.35. The van der Waals surface area contributed by atoms with Gasteiger partial charge in [0.05, 0.1) is 5.52 Å². The summed E-state index contributed by atoms with van der Waals surface area (Å²) in [5, 5.41) is 4.20. The fourth-order valence-corrected chi connectivity index (χ4v) is 2.42. The molecule has 0 fully saturated rings. The fraction of sp³-hybridized carbons (Fsp3) is 0.429. The number of benzene rings is 1. The number of hydrogen-bond donors (Lipinski definition) is 1. The van der Waals surface area contributed by atoms with Crippen molar-refractivity contribution in [1.82, 2.24) is 9.88 Å². The quantitative estimate of drug-likeness (QED) is 0.805. The monoisotopic (exact) mass is 234 g/mol. The van der Waals surface area contributed by atoms with E-state index in [-0.39, 0.29) is 5.82 Å². The van der Waals surface area contributed by atoms with Gasteiger partial charge in [-0.3, -0.25) is 0 Å². The predicted molar refractivity (Wildman–Crippen MR) is 69.9 cm³/mol. The van der Waals surface area contributed by atoms with E-state index in [4.69, 9.17) is 0 Å². The molecule has 1 aromatic carbocycles. The topological polar surface area (TPSA) is 17.0 Å². The first-order valence-electron chi connectivity index (χ1n) is 6.03. The molecule has 0 amide bonds. The number of rotatable bonds is 4. The zero-order valence-corrected chi connectivity index (χ0v) is 10.7. The van der Waals surface area contributed by atoms with Crippen LogP contribution in [0.3, 0.4) is 0 Å². The Labute approximate surface area is 101 Å². The normalized spacial score (nSPS) is 11.3. The lowest BCUT2D eigenvalue weighted by Gasteiger charge is -2.02. The van der Waals surface area contributed by atoms with Gasteiger partial charge in [0.25, 0.3) is 0 Å². The van der Waals surface area contributed by atoms with Gasteiger partial charge in [-0.1, -0.05) is 12.1 Å². The van der Waals surface area contributed by atoms with E-state index in [1.54, 1.807) is 6.07 Å². The zero-order chi connectivity index (χ0) is 12.4. The average Bonchev–Trinajstić information content (AvgIpc) is 2.55. The van der Waals surface area contributed by atoms with E-state index < -0.39 is 0 Å². The van der Waals surface area contributed by atoms with Crippen LogP contribution in [-0.4, -0.2) is 18.2 Å². The maximum absolute atomic E-state index is 13.8. The highest BCUT2D eigenvalue weighted by molar-refractivity contribution is 5.86. The molecule has 0 atom stereocenters. The van der Waals surface area contributed by atoms with Gasteiger partial charge >= 0.3 is 0 Å². The van der Waals surface area contributed by atoms with Crippen molar-refractivity contribution in [2.24, 2.45) is 7.05 Å². The summed E-state index contributed by atoms with van der Waals surface area (Å²) in [5.74, 6) is -0.132. The molecule has 0 bridgehead atoms. The zero-order valence-electron chi connectivity index (χ0n) is 10.7. The Bertz CT molecular complexity index is 528. The molecule has 1 heterocycles. The molecule has 1 aromatic heterocycles. The summed E-state index contributed by atoms with van der Waals surface area (Å²) in [5.41, 5.74) is 3.17. The molecule has 17 heavy (non-hydrogen) atoms. The standard InChI is InChI=1S/C14H19FN2/c1-10-11(7-5-9-16-2)12-6-4-8-13(15)14(12)17(10)3/h4,6,8,16H,5,7,9H2,1-3H3. The maximum Gasteiger partial charge on any atom is 0.147 e. The summed E-state index contributed by atoms with van der Waals surface area (Å²) in [6, 6.07) is 5.33. The maximum atomic E-state index is 13.8. The summed E-state index contributed by atoms with van der Waals surface area (Å²) in [6.07, 6.45) is 2.07. The first-order chi connectivity index (χ1) is 8.16. The van der Waals surface area contributed by atoms with Crippen molar-refractivity contribution < 1.29 is 4.39 Å². The second-order valence-corrected chi connectivity index (χ2v) is 4.47. The van der Waals surface area contributed by atoms with Crippen molar-refractivity contribution in [3.05, 3.63) is 35.3 Å². The Kier molecular flexibility index (Phi) is 3.48. The minimum atomic E-state index is -0.132. The van der Waals surface area contributed by atoms with Crippen molar-refractivity contribution in [2.75, 3.05) is 13.6 Å². The molecule has 0 aliphatic carbocycles. The van der Waals surface area contributed by atoms with Crippen molar-refractivity contribution in [1.29, 1.82) is 0 Å². The number of halogens is 1. The molecule has 0 aliphatic heterocycles. The van der Waals surface area contributed by atoms with E-state index in [0.29, 0.717) is 0 Å². The lowest BCUT2D eigenvalue weighted by molar-refractivity contribution is 0.631. The van der Waals surface area contributed by atoms with Crippen LogP contribution in [0.2, 0.25) is 0 Å². The van der Waals surface area contributed by atoms with Gasteiger partial charge in [-0.15, -0.1) is 0 Å². The Balaban J connectivity index is 2.48. The summed E-state index contributed by atoms with van der Waals surface area (Å²) < 4.78 is 15.8. The fourth-order valence-electron chi connectivity index (χ4n) is 2.42. The Morgan fingerprint density at radius 2 is 2.12 bits per heavy atom. The molecule has 1 N–H and O–H groups in total. The second kappa shape index (κ2) is 4.88. The lowest BCUT2D eigenvalue weighted by atomic mass is 10.1. The third-order valence-corrected chi connectivity index (χ3v) is 3.44. The number of fused-ring (bicyclic) bond motifs is 1. The SMILES string of the molecule is CNCCCc1c(C)n(C)c2c(F)cccc12. The molecule has 0 aliphatic rings. The predicted octanol–water partition coefficient (Wildman–Crippen LogP) is 2.78. The summed E-state index contributed by atoms with van der Waals surface area (Å²) in [6.45, 7) is 3.05. The van der Waals surface area contributed by atoms with Crippen LogP contribution in [0, 0.1) is 12.7 Å². The van der Waals surface area contributed by atoms with Crippen molar-refractivity contribution in [2.45, 2.75) is 19.8 Å². The average molecular weight is 234 g/mol. The Morgan fingerprint density at radius 1 is 1.35 bits per heavy atom. The number of nitrogens with one attached hydrogen (secondary N) is 1. The van der Waals surface area contributed by atoms with Crippen LogP contribution in [-0.2, 0) is 13.5 Å². The molecule has 2 rings (SSSR count). The van der Waals surface area contributed by atoms with Gasteiger partial charge in [0.15, 0.2) is 0 Å². The van der Waals surface area contributed by atoms with Gasteiger partial charge in [-0.05, 0) is 45.0 Å². The summed E-state index contributed by atoms with van der Waals surface area (Å²) in [7, 11) is 3.89. The van der Waals surface area contributed by atoms with E-state index in [0.717, 1.165) is 30.3 Å². The summed E-state index contributed by atoms with van der Waals surface area (Å²) in [4.78, 5) is 0. The van der Waals surface area contributed by atoms with Gasteiger partial charge < -0.3 is 9.88 Å². The van der Waals surface area contributed by atoms with Crippen LogP contribution in [0.15, 0.2) is 18.2 Å². The van der Waals surface area contributed by atoms with E-state index >= 15 is 0 Å². The number of para-hydroxylation sites is 1. The molecule has 92 valence electrons. The van der Waals surface area contributed by atoms with Crippen LogP contribution in [0.25, 0.3) is 10.9 Å². The van der Waals surface area contributed by atoms with Crippen LogP contribution < -0.4 is 5.32 Å². The van der Waals surface area contributed by atoms with E-state index in [1.807, 2.05) is 24.7 Å². The highest BCUT2D eigenvalue weighted by Crippen LogP contribution is 2.27. The molecule has 3 heteroatoms. The van der Waals surface area contributed by atoms with Crippen molar-refractivity contribution >= 4 is 10.9 Å². The highest BCUT2D eigenvalue weighted by Gasteiger charge is 2.13. The van der Waals surface area contributed by atoms with Gasteiger partial charge in [0.1, 0.15) is 5.82 Å². The molecular formula is C14H19FN2. The highest BCUT2D eigenvalue weighted by atomic mass is 19.1. The van der Waals surface area contributed by atoms with Gasteiger partial charge in [-0.2, -0.15) is 0 Å².